The van der Waals surface area contributed by atoms with Crippen molar-refractivity contribution in [3.05, 3.63) is 71.7 Å². The molecule has 12 heteroatoms. The minimum atomic E-state index is -1.46. The maximum absolute atomic E-state index is 15.0. The van der Waals surface area contributed by atoms with Gasteiger partial charge in [0.2, 0.25) is 5.91 Å². The maximum atomic E-state index is 15.0. The number of hydrogen-bond acceptors (Lipinski definition) is 6. The standard InChI is InChI=1S/C31H38F3N5O4/c1-18(40)30(43)39(16-20-13-36-14-25(20)34)28(31(2,3)12-27(42)35-4)29-37-26(23-11-21(32)8-9-24(23)33)17-38(29)15-19-6-5-7-22(41)10-19/h5-11,17-18,20,25,28,36,40-41H,12-16H2,1-4H3,(H,35,42). The van der Waals surface area contributed by atoms with Crippen molar-refractivity contribution in [1.82, 2.24) is 25.1 Å². The van der Waals surface area contributed by atoms with E-state index in [2.05, 4.69) is 10.6 Å². The molecule has 2 heterocycles. The molecule has 4 unspecified atom stereocenters. The van der Waals surface area contributed by atoms with E-state index in [0.29, 0.717) is 12.1 Å². The van der Waals surface area contributed by atoms with Crippen molar-refractivity contribution in [3.8, 4) is 17.0 Å². The number of alkyl halides is 1. The summed E-state index contributed by atoms with van der Waals surface area (Å²) in [7, 11) is 1.48. The van der Waals surface area contributed by atoms with E-state index in [9.17, 15) is 33.0 Å². The lowest BCUT2D eigenvalue weighted by atomic mass is 9.78. The number of carbonyl (C=O) groups excluding carboxylic acids is 2. The number of nitrogens with one attached hydrogen (secondary N) is 2. The van der Waals surface area contributed by atoms with Crippen molar-refractivity contribution in [1.29, 1.82) is 0 Å². The van der Waals surface area contributed by atoms with E-state index >= 15 is 0 Å². The largest absolute Gasteiger partial charge is 0.508 e. The third kappa shape index (κ3) is 7.37. The van der Waals surface area contributed by atoms with Gasteiger partial charge in [-0.1, -0.05) is 26.0 Å². The Balaban J connectivity index is 1.96. The normalized spacial score (nSPS) is 18.3. The van der Waals surface area contributed by atoms with Crippen LogP contribution in [0.15, 0.2) is 48.7 Å². The van der Waals surface area contributed by atoms with Gasteiger partial charge in [-0.15, -0.1) is 0 Å². The monoisotopic (exact) mass is 601 g/mol. The van der Waals surface area contributed by atoms with Gasteiger partial charge in [-0.2, -0.15) is 0 Å². The molecule has 9 nitrogen and oxygen atoms in total. The van der Waals surface area contributed by atoms with Crippen LogP contribution in [0, 0.1) is 23.0 Å². The summed E-state index contributed by atoms with van der Waals surface area (Å²) >= 11 is 0. The number of aliphatic hydroxyl groups excluding tert-OH is 1. The number of benzene rings is 2. The molecule has 2 aromatic carbocycles. The van der Waals surface area contributed by atoms with E-state index in [1.807, 2.05) is 0 Å². The van der Waals surface area contributed by atoms with Gasteiger partial charge in [-0.05, 0) is 42.8 Å². The van der Waals surface area contributed by atoms with Crippen molar-refractivity contribution in [2.24, 2.45) is 11.3 Å². The number of halogens is 3. The molecule has 1 saturated heterocycles. The fourth-order valence-electron chi connectivity index (χ4n) is 5.66. The van der Waals surface area contributed by atoms with Gasteiger partial charge in [0.15, 0.2) is 0 Å². The zero-order valence-electron chi connectivity index (χ0n) is 24.7. The Morgan fingerprint density at radius 1 is 1.21 bits per heavy atom. The lowest BCUT2D eigenvalue weighted by molar-refractivity contribution is -0.147. The summed E-state index contributed by atoms with van der Waals surface area (Å²) in [5, 5.41) is 26.2. The smallest absolute Gasteiger partial charge is 0.251 e. The molecule has 4 rings (SSSR count). The summed E-state index contributed by atoms with van der Waals surface area (Å²) < 4.78 is 45.8. The Morgan fingerprint density at radius 3 is 2.58 bits per heavy atom. The second-order valence-corrected chi connectivity index (χ2v) is 11.7. The first-order chi connectivity index (χ1) is 20.3. The molecule has 0 radical (unpaired) electrons. The quantitative estimate of drug-likeness (QED) is 0.267. The number of aromatic nitrogens is 2. The van der Waals surface area contributed by atoms with Crippen molar-refractivity contribution >= 4 is 11.8 Å². The fourth-order valence-corrected chi connectivity index (χ4v) is 5.66. The first-order valence-electron chi connectivity index (χ1n) is 14.1. The average Bonchev–Trinajstić information content (AvgIpc) is 3.54. The summed E-state index contributed by atoms with van der Waals surface area (Å²) in [5.74, 6) is -2.79. The van der Waals surface area contributed by atoms with Crippen LogP contribution >= 0.6 is 0 Å². The molecule has 0 bridgehead atoms. The summed E-state index contributed by atoms with van der Waals surface area (Å²) in [5.41, 5.74) is -0.452. The molecule has 1 aromatic heterocycles. The number of nitrogens with zero attached hydrogens (tertiary/aromatic N) is 3. The van der Waals surface area contributed by atoms with E-state index < -0.39 is 47.2 Å². The second kappa shape index (κ2) is 13.2. The minimum Gasteiger partial charge on any atom is -0.508 e. The highest BCUT2D eigenvalue weighted by Gasteiger charge is 2.45. The van der Waals surface area contributed by atoms with Crippen LogP contribution in [0.25, 0.3) is 11.3 Å². The van der Waals surface area contributed by atoms with Gasteiger partial charge in [0.25, 0.3) is 5.91 Å². The van der Waals surface area contributed by atoms with Crippen LogP contribution in [-0.2, 0) is 16.1 Å². The number of aliphatic hydroxyl groups is 1. The number of imidazole rings is 1. The van der Waals surface area contributed by atoms with Crippen LogP contribution in [0.3, 0.4) is 0 Å². The molecule has 0 aliphatic carbocycles. The lowest BCUT2D eigenvalue weighted by Gasteiger charge is -2.43. The van der Waals surface area contributed by atoms with Gasteiger partial charge in [-0.3, -0.25) is 9.59 Å². The Morgan fingerprint density at radius 2 is 1.95 bits per heavy atom. The van der Waals surface area contributed by atoms with E-state index in [0.717, 1.165) is 18.2 Å². The predicted octanol–water partition coefficient (Wildman–Crippen LogP) is 3.55. The molecule has 1 aliphatic rings. The molecule has 232 valence electrons. The maximum Gasteiger partial charge on any atom is 0.251 e. The van der Waals surface area contributed by atoms with E-state index in [1.54, 1.807) is 30.5 Å². The Bertz CT molecular complexity index is 1460. The van der Waals surface area contributed by atoms with E-state index in [-0.39, 0.29) is 54.8 Å². The minimum absolute atomic E-state index is 0.0145. The number of phenolic OH excluding ortho intramolecular Hbond substituents is 1. The fraction of sp³-hybridized carbons (Fsp3) is 0.452. The van der Waals surface area contributed by atoms with Crippen molar-refractivity contribution < 1.29 is 33.0 Å². The summed E-state index contributed by atoms with van der Waals surface area (Å²) in [4.78, 5) is 32.5. The van der Waals surface area contributed by atoms with Gasteiger partial charge in [0.05, 0.1) is 11.7 Å². The van der Waals surface area contributed by atoms with Crippen LogP contribution < -0.4 is 10.6 Å². The molecule has 1 aliphatic heterocycles. The number of carbonyl (C=O) groups is 2. The van der Waals surface area contributed by atoms with E-state index in [1.165, 1.54) is 37.2 Å². The molecule has 4 N–H and O–H groups in total. The molecule has 3 aromatic rings. The zero-order chi connectivity index (χ0) is 31.5. The lowest BCUT2D eigenvalue weighted by Crippen LogP contribution is -2.50. The average molecular weight is 602 g/mol. The van der Waals surface area contributed by atoms with Crippen molar-refractivity contribution in [3.63, 3.8) is 0 Å². The van der Waals surface area contributed by atoms with Crippen LogP contribution in [-0.4, -0.2) is 75.4 Å². The van der Waals surface area contributed by atoms with E-state index in [4.69, 9.17) is 4.98 Å². The van der Waals surface area contributed by atoms with Gasteiger partial charge in [0.1, 0.15) is 35.5 Å². The van der Waals surface area contributed by atoms with Gasteiger partial charge < -0.3 is 30.3 Å². The Hall–Kier alpha value is -3.90. The SMILES string of the molecule is CNC(=O)CC(C)(C)C(c1nc(-c2cc(F)ccc2F)cn1Cc1cccc(O)c1)N(CC1CNCC1F)C(=O)C(C)O. The van der Waals surface area contributed by atoms with Gasteiger partial charge in [0, 0.05) is 62.7 Å². The summed E-state index contributed by atoms with van der Waals surface area (Å²) in [6, 6.07) is 8.42. The number of hydrogen-bond donors (Lipinski definition) is 4. The van der Waals surface area contributed by atoms with Crippen LogP contribution in [0.4, 0.5) is 13.2 Å². The van der Waals surface area contributed by atoms with Crippen molar-refractivity contribution in [2.45, 2.75) is 52.1 Å². The molecule has 2 amide bonds. The highest BCUT2D eigenvalue weighted by atomic mass is 19.1. The van der Waals surface area contributed by atoms with Gasteiger partial charge >= 0.3 is 0 Å². The molecule has 43 heavy (non-hydrogen) atoms. The molecule has 1 fully saturated rings. The summed E-state index contributed by atoms with van der Waals surface area (Å²) in [6.07, 6.45) is -1.28. The molecular weight excluding hydrogens is 563 g/mol. The van der Waals surface area contributed by atoms with Crippen LogP contribution in [0.1, 0.15) is 44.6 Å². The highest BCUT2D eigenvalue weighted by molar-refractivity contribution is 5.81. The number of phenols is 1. The zero-order valence-corrected chi connectivity index (χ0v) is 24.7. The number of aromatic hydroxyl groups is 1. The first-order valence-corrected chi connectivity index (χ1v) is 14.1. The molecule has 0 spiro atoms. The Labute approximate surface area is 248 Å². The molecule has 4 atom stereocenters. The third-order valence-electron chi connectivity index (χ3n) is 7.80. The molecular formula is C31H38F3N5O4. The topological polar surface area (TPSA) is 120 Å². The second-order valence-electron chi connectivity index (χ2n) is 11.7. The van der Waals surface area contributed by atoms with Crippen LogP contribution in [0.2, 0.25) is 0 Å². The van der Waals surface area contributed by atoms with Crippen LogP contribution in [0.5, 0.6) is 5.75 Å². The predicted molar refractivity (Wildman–Crippen MR) is 155 cm³/mol. The first kappa shape index (κ1) is 32.0. The Kier molecular flexibility index (Phi) is 9.81. The number of amides is 2. The summed E-state index contributed by atoms with van der Waals surface area (Å²) in [6.45, 7) is 5.24. The van der Waals surface area contributed by atoms with Crippen molar-refractivity contribution in [2.75, 3.05) is 26.7 Å². The highest BCUT2D eigenvalue weighted by Crippen LogP contribution is 2.43. The number of rotatable bonds is 11. The molecule has 0 saturated carbocycles. The van der Waals surface area contributed by atoms with Gasteiger partial charge in [-0.25, -0.2) is 18.2 Å². The third-order valence-corrected chi connectivity index (χ3v) is 7.80.